The molecule has 106 valence electrons. The van der Waals surface area contributed by atoms with Crippen LogP contribution in [-0.4, -0.2) is 42.0 Å². The van der Waals surface area contributed by atoms with Gasteiger partial charge in [0.2, 0.25) is 0 Å². The predicted molar refractivity (Wildman–Crippen MR) is 80.7 cm³/mol. The van der Waals surface area contributed by atoms with Gasteiger partial charge in [-0.15, -0.1) is 0 Å². The Morgan fingerprint density at radius 2 is 1.89 bits per heavy atom. The number of hydrogen-bond donors (Lipinski definition) is 0. The largest absolute Gasteiger partial charge is 0.298 e. The van der Waals surface area contributed by atoms with E-state index in [1.165, 1.54) is 12.5 Å². The number of hydrogen-bond acceptors (Lipinski definition) is 2. The zero-order chi connectivity index (χ0) is 13.8. The highest BCUT2D eigenvalue weighted by Gasteiger charge is 2.20. The summed E-state index contributed by atoms with van der Waals surface area (Å²) in [5.41, 5.74) is 1.05. The third-order valence-corrected chi connectivity index (χ3v) is 4.41. The Bertz CT molecular complexity index is 396. The van der Waals surface area contributed by atoms with Crippen LogP contribution in [0, 0.1) is 5.82 Å². The van der Waals surface area contributed by atoms with Crippen LogP contribution in [-0.2, 0) is 6.54 Å². The highest BCUT2D eigenvalue weighted by atomic mass is 79.9. The number of nitrogens with zero attached hydrogens (tertiary/aromatic N) is 2. The van der Waals surface area contributed by atoms with Crippen molar-refractivity contribution in [3.05, 3.63) is 34.1 Å². The smallest absolute Gasteiger partial charge is 0.124 e. The van der Waals surface area contributed by atoms with Gasteiger partial charge in [0, 0.05) is 43.2 Å². The first-order valence-corrected chi connectivity index (χ1v) is 7.79. The molecule has 1 aromatic carbocycles. The fourth-order valence-corrected chi connectivity index (χ4v) is 3.09. The average Bonchev–Trinajstić information content (AvgIpc) is 2.37. The van der Waals surface area contributed by atoms with E-state index in [4.69, 9.17) is 0 Å². The van der Waals surface area contributed by atoms with Crippen LogP contribution in [0.4, 0.5) is 4.39 Å². The fraction of sp³-hybridized carbons (Fsp3) is 0.600. The molecule has 0 bridgehead atoms. The van der Waals surface area contributed by atoms with Gasteiger partial charge in [-0.05, 0) is 37.1 Å². The van der Waals surface area contributed by atoms with Gasteiger partial charge in [0.1, 0.15) is 5.82 Å². The van der Waals surface area contributed by atoms with Gasteiger partial charge in [0.25, 0.3) is 0 Å². The molecule has 0 amide bonds. The molecule has 1 aliphatic heterocycles. The van der Waals surface area contributed by atoms with E-state index in [1.807, 2.05) is 6.07 Å². The lowest BCUT2D eigenvalue weighted by atomic mass is 10.1. The highest BCUT2D eigenvalue weighted by molar-refractivity contribution is 9.10. The summed E-state index contributed by atoms with van der Waals surface area (Å²) in [6.45, 7) is 9.74. The molecule has 1 heterocycles. The molecule has 1 saturated heterocycles. The normalized spacial score (nSPS) is 19.6. The van der Waals surface area contributed by atoms with Crippen molar-refractivity contribution in [2.24, 2.45) is 0 Å². The zero-order valence-corrected chi connectivity index (χ0v) is 13.3. The molecular formula is C15H22BrFN2. The van der Waals surface area contributed by atoms with Gasteiger partial charge in [0.05, 0.1) is 0 Å². The molecule has 0 N–H and O–H groups in total. The molecule has 1 atom stereocenters. The third-order valence-electron chi connectivity index (χ3n) is 3.95. The van der Waals surface area contributed by atoms with E-state index in [2.05, 4.69) is 39.6 Å². The molecule has 0 saturated carbocycles. The van der Waals surface area contributed by atoms with Crippen LogP contribution in [0.2, 0.25) is 0 Å². The second-order valence-electron chi connectivity index (χ2n) is 5.35. The molecule has 2 nitrogen and oxygen atoms in total. The van der Waals surface area contributed by atoms with Gasteiger partial charge in [-0.25, -0.2) is 4.39 Å². The zero-order valence-electron chi connectivity index (χ0n) is 11.7. The molecule has 0 radical (unpaired) electrons. The van der Waals surface area contributed by atoms with E-state index >= 15 is 0 Å². The number of rotatable bonds is 4. The Morgan fingerprint density at radius 1 is 1.21 bits per heavy atom. The summed E-state index contributed by atoms with van der Waals surface area (Å²) in [5.74, 6) is -0.164. The Labute approximate surface area is 123 Å². The standard InChI is InChI=1S/C15H22BrFN2/c1-3-12(2)19-6-4-18(5-7-19)11-13-8-14(16)10-15(17)9-13/h8-10,12H,3-7,11H2,1-2H3. The summed E-state index contributed by atoms with van der Waals surface area (Å²) in [6.07, 6.45) is 1.21. The van der Waals surface area contributed by atoms with E-state index in [0.29, 0.717) is 6.04 Å². The van der Waals surface area contributed by atoms with Crippen LogP contribution in [0.3, 0.4) is 0 Å². The molecular weight excluding hydrogens is 307 g/mol. The molecule has 1 unspecified atom stereocenters. The molecule has 0 spiro atoms. The van der Waals surface area contributed by atoms with E-state index < -0.39 is 0 Å². The summed E-state index contributed by atoms with van der Waals surface area (Å²) in [4.78, 5) is 4.94. The fourth-order valence-electron chi connectivity index (χ4n) is 2.58. The summed E-state index contributed by atoms with van der Waals surface area (Å²) in [6, 6.07) is 5.81. The minimum absolute atomic E-state index is 0.164. The quantitative estimate of drug-likeness (QED) is 0.834. The van der Waals surface area contributed by atoms with Crippen molar-refractivity contribution in [1.82, 2.24) is 9.80 Å². The highest BCUT2D eigenvalue weighted by Crippen LogP contribution is 2.17. The minimum atomic E-state index is -0.164. The van der Waals surface area contributed by atoms with E-state index in [9.17, 15) is 4.39 Å². The second-order valence-corrected chi connectivity index (χ2v) is 6.26. The lowest BCUT2D eigenvalue weighted by Gasteiger charge is -2.37. The van der Waals surface area contributed by atoms with Crippen LogP contribution >= 0.6 is 15.9 Å². The maximum atomic E-state index is 13.3. The first kappa shape index (κ1) is 14.9. The van der Waals surface area contributed by atoms with Crippen molar-refractivity contribution in [3.63, 3.8) is 0 Å². The van der Waals surface area contributed by atoms with Gasteiger partial charge >= 0.3 is 0 Å². The molecule has 0 aromatic heterocycles. The van der Waals surface area contributed by atoms with Crippen LogP contribution < -0.4 is 0 Å². The Morgan fingerprint density at radius 3 is 2.47 bits per heavy atom. The lowest BCUT2D eigenvalue weighted by Crippen LogP contribution is -2.48. The van der Waals surface area contributed by atoms with Gasteiger partial charge in [-0.1, -0.05) is 22.9 Å². The van der Waals surface area contributed by atoms with E-state index in [-0.39, 0.29) is 5.82 Å². The summed E-state index contributed by atoms with van der Waals surface area (Å²) < 4.78 is 14.2. The average molecular weight is 329 g/mol. The summed E-state index contributed by atoms with van der Waals surface area (Å²) in [5, 5.41) is 0. The van der Waals surface area contributed by atoms with Gasteiger partial charge in [0.15, 0.2) is 0 Å². The minimum Gasteiger partial charge on any atom is -0.298 e. The van der Waals surface area contributed by atoms with Crippen molar-refractivity contribution in [1.29, 1.82) is 0 Å². The molecule has 1 aromatic rings. The second kappa shape index (κ2) is 6.82. The molecule has 0 aliphatic carbocycles. The lowest BCUT2D eigenvalue weighted by molar-refractivity contribution is 0.0963. The van der Waals surface area contributed by atoms with Crippen molar-refractivity contribution >= 4 is 15.9 Å². The Kier molecular flexibility index (Phi) is 5.37. The Hall–Kier alpha value is -0.450. The Balaban J connectivity index is 1.88. The molecule has 19 heavy (non-hydrogen) atoms. The van der Waals surface area contributed by atoms with Crippen LogP contribution in [0.1, 0.15) is 25.8 Å². The SMILES string of the molecule is CCC(C)N1CCN(Cc2cc(F)cc(Br)c2)CC1. The first-order valence-electron chi connectivity index (χ1n) is 7.00. The topological polar surface area (TPSA) is 6.48 Å². The monoisotopic (exact) mass is 328 g/mol. The van der Waals surface area contributed by atoms with Crippen LogP contribution in [0.5, 0.6) is 0 Å². The molecule has 4 heteroatoms. The molecule has 2 rings (SSSR count). The number of benzene rings is 1. The first-order chi connectivity index (χ1) is 9.08. The van der Waals surface area contributed by atoms with Crippen LogP contribution in [0.25, 0.3) is 0 Å². The van der Waals surface area contributed by atoms with Crippen molar-refractivity contribution in [3.8, 4) is 0 Å². The molecule has 1 aliphatic rings. The van der Waals surface area contributed by atoms with Crippen LogP contribution in [0.15, 0.2) is 22.7 Å². The maximum Gasteiger partial charge on any atom is 0.124 e. The van der Waals surface area contributed by atoms with Crippen molar-refractivity contribution in [2.75, 3.05) is 26.2 Å². The maximum absolute atomic E-state index is 13.3. The van der Waals surface area contributed by atoms with Gasteiger partial charge < -0.3 is 0 Å². The van der Waals surface area contributed by atoms with Crippen molar-refractivity contribution in [2.45, 2.75) is 32.9 Å². The third kappa shape index (κ3) is 4.26. The van der Waals surface area contributed by atoms with Gasteiger partial charge in [-0.2, -0.15) is 0 Å². The van der Waals surface area contributed by atoms with E-state index in [0.717, 1.165) is 42.8 Å². The predicted octanol–water partition coefficient (Wildman–Crippen LogP) is 3.50. The van der Waals surface area contributed by atoms with Crippen molar-refractivity contribution < 1.29 is 4.39 Å². The summed E-state index contributed by atoms with van der Waals surface area (Å²) >= 11 is 3.35. The van der Waals surface area contributed by atoms with Gasteiger partial charge in [-0.3, -0.25) is 9.80 Å². The number of piperazine rings is 1. The summed E-state index contributed by atoms with van der Waals surface area (Å²) in [7, 11) is 0. The molecule has 1 fully saturated rings. The number of halogens is 2. The van der Waals surface area contributed by atoms with E-state index in [1.54, 1.807) is 6.07 Å².